The summed E-state index contributed by atoms with van der Waals surface area (Å²) >= 11 is 0. The molecule has 0 bridgehead atoms. The van der Waals surface area contributed by atoms with E-state index in [1.165, 1.54) is 5.56 Å². The number of benzene rings is 1. The summed E-state index contributed by atoms with van der Waals surface area (Å²) in [6, 6.07) is 8.24. The minimum Gasteiger partial charge on any atom is -0.302 e. The Kier molecular flexibility index (Phi) is 3.67. The Hall–Kier alpha value is -1.11. The van der Waals surface area contributed by atoms with Gasteiger partial charge in [0.1, 0.15) is 6.29 Å². The number of hydrogen-bond donors (Lipinski definition) is 0. The van der Waals surface area contributed by atoms with Crippen LogP contribution in [0.25, 0.3) is 0 Å². The normalized spacial score (nSPS) is 11.8. The van der Waals surface area contributed by atoms with Crippen LogP contribution in [0.3, 0.4) is 0 Å². The number of rotatable bonds is 4. The van der Waals surface area contributed by atoms with Crippen molar-refractivity contribution in [3.63, 3.8) is 0 Å². The largest absolute Gasteiger partial charge is 0.302 e. The Morgan fingerprint density at radius 3 is 2.40 bits per heavy atom. The van der Waals surface area contributed by atoms with E-state index in [2.05, 4.69) is 26.0 Å². The first-order valence-electron chi connectivity index (χ1n) is 5.52. The van der Waals surface area contributed by atoms with Crippen molar-refractivity contribution in [3.8, 4) is 0 Å². The first kappa shape index (κ1) is 12.0. The summed E-state index contributed by atoms with van der Waals surface area (Å²) < 4.78 is 0. The van der Waals surface area contributed by atoms with Crippen LogP contribution in [-0.2, 0) is 16.6 Å². The SMILES string of the molecule is CC(C)Cc1ccccc1C(C)(C)C=O. The zero-order chi connectivity index (χ0) is 11.5. The van der Waals surface area contributed by atoms with E-state index in [-0.39, 0.29) is 5.41 Å². The fraction of sp³-hybridized carbons (Fsp3) is 0.500. The predicted molar refractivity (Wildman–Crippen MR) is 64.1 cm³/mol. The van der Waals surface area contributed by atoms with Gasteiger partial charge in [0.25, 0.3) is 0 Å². The molecule has 0 heterocycles. The summed E-state index contributed by atoms with van der Waals surface area (Å²) in [6.07, 6.45) is 2.07. The van der Waals surface area contributed by atoms with Crippen molar-refractivity contribution in [3.05, 3.63) is 35.4 Å². The number of hydrogen-bond acceptors (Lipinski definition) is 1. The van der Waals surface area contributed by atoms with Crippen molar-refractivity contribution in [2.24, 2.45) is 5.92 Å². The number of aldehydes is 1. The van der Waals surface area contributed by atoms with Gasteiger partial charge < -0.3 is 4.79 Å². The molecule has 0 aromatic heterocycles. The minimum atomic E-state index is -0.370. The molecule has 0 aliphatic carbocycles. The molecule has 0 radical (unpaired) electrons. The summed E-state index contributed by atoms with van der Waals surface area (Å²) in [7, 11) is 0. The fourth-order valence-corrected chi connectivity index (χ4v) is 1.83. The van der Waals surface area contributed by atoms with Gasteiger partial charge in [-0.05, 0) is 37.3 Å². The van der Waals surface area contributed by atoms with Gasteiger partial charge in [0.05, 0.1) is 0 Å². The zero-order valence-corrected chi connectivity index (χ0v) is 10.1. The lowest BCUT2D eigenvalue weighted by Gasteiger charge is -2.22. The molecular weight excluding hydrogens is 184 g/mol. The third-order valence-electron chi connectivity index (χ3n) is 2.63. The Balaban J connectivity index is 3.11. The topological polar surface area (TPSA) is 17.1 Å². The van der Waals surface area contributed by atoms with Crippen molar-refractivity contribution in [1.82, 2.24) is 0 Å². The molecule has 1 nitrogen and oxygen atoms in total. The molecule has 1 aromatic rings. The van der Waals surface area contributed by atoms with Crippen molar-refractivity contribution in [1.29, 1.82) is 0 Å². The average molecular weight is 204 g/mol. The predicted octanol–water partition coefficient (Wildman–Crippen LogP) is 3.36. The summed E-state index contributed by atoms with van der Waals surface area (Å²) in [5.41, 5.74) is 2.09. The highest BCUT2D eigenvalue weighted by Crippen LogP contribution is 2.26. The van der Waals surface area contributed by atoms with Crippen LogP contribution in [0.4, 0.5) is 0 Å². The summed E-state index contributed by atoms with van der Waals surface area (Å²) in [6.45, 7) is 8.34. The Bertz CT molecular complexity index is 337. The van der Waals surface area contributed by atoms with Gasteiger partial charge in [0.15, 0.2) is 0 Å². The summed E-state index contributed by atoms with van der Waals surface area (Å²) in [5, 5.41) is 0. The van der Waals surface area contributed by atoms with Crippen molar-refractivity contribution < 1.29 is 4.79 Å². The molecule has 0 unspecified atom stereocenters. The molecule has 1 rings (SSSR count). The second kappa shape index (κ2) is 4.61. The van der Waals surface area contributed by atoms with E-state index in [0.29, 0.717) is 5.92 Å². The van der Waals surface area contributed by atoms with Gasteiger partial charge in [0.2, 0.25) is 0 Å². The van der Waals surface area contributed by atoms with E-state index in [9.17, 15) is 4.79 Å². The molecule has 0 atom stereocenters. The summed E-state index contributed by atoms with van der Waals surface area (Å²) in [4.78, 5) is 11.1. The van der Waals surface area contributed by atoms with Crippen LogP contribution in [0.5, 0.6) is 0 Å². The molecule has 0 amide bonds. The Labute approximate surface area is 92.5 Å². The monoisotopic (exact) mass is 204 g/mol. The highest BCUT2D eigenvalue weighted by Gasteiger charge is 2.22. The maximum atomic E-state index is 11.1. The summed E-state index contributed by atoms with van der Waals surface area (Å²) in [5.74, 6) is 0.619. The van der Waals surface area contributed by atoms with Crippen molar-refractivity contribution >= 4 is 6.29 Å². The fourth-order valence-electron chi connectivity index (χ4n) is 1.83. The van der Waals surface area contributed by atoms with Gasteiger partial charge in [-0.25, -0.2) is 0 Å². The highest BCUT2D eigenvalue weighted by atomic mass is 16.1. The molecule has 1 heteroatoms. The Morgan fingerprint density at radius 1 is 1.27 bits per heavy atom. The molecular formula is C14H20O. The molecule has 0 aliphatic heterocycles. The average Bonchev–Trinajstić information content (AvgIpc) is 2.17. The van der Waals surface area contributed by atoms with Crippen LogP contribution >= 0.6 is 0 Å². The molecule has 0 N–H and O–H groups in total. The van der Waals surface area contributed by atoms with E-state index in [1.54, 1.807) is 0 Å². The van der Waals surface area contributed by atoms with Gasteiger partial charge in [0, 0.05) is 5.41 Å². The molecule has 82 valence electrons. The van der Waals surface area contributed by atoms with Gasteiger partial charge in [-0.2, -0.15) is 0 Å². The van der Waals surface area contributed by atoms with Gasteiger partial charge >= 0.3 is 0 Å². The van der Waals surface area contributed by atoms with Gasteiger partial charge in [-0.15, -0.1) is 0 Å². The van der Waals surface area contributed by atoms with Gasteiger partial charge in [-0.3, -0.25) is 0 Å². The first-order valence-corrected chi connectivity index (χ1v) is 5.52. The zero-order valence-electron chi connectivity index (χ0n) is 10.1. The molecule has 0 aliphatic rings. The van der Waals surface area contributed by atoms with Crippen molar-refractivity contribution in [2.45, 2.75) is 39.5 Å². The van der Waals surface area contributed by atoms with E-state index >= 15 is 0 Å². The second-order valence-electron chi connectivity index (χ2n) is 5.09. The Morgan fingerprint density at radius 2 is 1.87 bits per heavy atom. The third kappa shape index (κ3) is 2.92. The van der Waals surface area contributed by atoms with E-state index in [4.69, 9.17) is 0 Å². The quantitative estimate of drug-likeness (QED) is 0.687. The molecule has 0 saturated carbocycles. The van der Waals surface area contributed by atoms with Crippen LogP contribution in [0.2, 0.25) is 0 Å². The molecule has 1 aromatic carbocycles. The minimum absolute atomic E-state index is 0.370. The lowest BCUT2D eigenvalue weighted by Crippen LogP contribution is -2.21. The van der Waals surface area contributed by atoms with Crippen molar-refractivity contribution in [2.75, 3.05) is 0 Å². The maximum absolute atomic E-state index is 11.1. The molecule has 0 saturated heterocycles. The molecule has 0 fully saturated rings. The third-order valence-corrected chi connectivity index (χ3v) is 2.63. The number of carbonyl (C=O) groups is 1. The second-order valence-corrected chi connectivity index (χ2v) is 5.09. The lowest BCUT2D eigenvalue weighted by atomic mass is 9.81. The van der Waals surface area contributed by atoms with E-state index in [1.807, 2.05) is 26.0 Å². The maximum Gasteiger partial charge on any atom is 0.129 e. The van der Waals surface area contributed by atoms with Crippen LogP contribution < -0.4 is 0 Å². The number of carbonyl (C=O) groups excluding carboxylic acids is 1. The standard InChI is InChI=1S/C14H20O/c1-11(2)9-12-7-5-6-8-13(12)14(3,4)10-15/h5-8,10-11H,9H2,1-4H3. The first-order chi connectivity index (χ1) is 6.97. The lowest BCUT2D eigenvalue weighted by molar-refractivity contribution is -0.111. The van der Waals surface area contributed by atoms with Crippen LogP contribution in [0, 0.1) is 5.92 Å². The van der Waals surface area contributed by atoms with E-state index in [0.717, 1.165) is 18.3 Å². The van der Waals surface area contributed by atoms with Crippen LogP contribution in [0.15, 0.2) is 24.3 Å². The molecule has 15 heavy (non-hydrogen) atoms. The molecule has 0 spiro atoms. The highest BCUT2D eigenvalue weighted by molar-refractivity contribution is 5.68. The van der Waals surface area contributed by atoms with Crippen LogP contribution in [-0.4, -0.2) is 6.29 Å². The van der Waals surface area contributed by atoms with E-state index < -0.39 is 0 Å². The van der Waals surface area contributed by atoms with Crippen LogP contribution in [0.1, 0.15) is 38.8 Å². The van der Waals surface area contributed by atoms with Gasteiger partial charge in [-0.1, -0.05) is 38.1 Å². The smallest absolute Gasteiger partial charge is 0.129 e.